The fourth-order valence-corrected chi connectivity index (χ4v) is 1.66. The van der Waals surface area contributed by atoms with Gasteiger partial charge in [0.1, 0.15) is 0 Å². The van der Waals surface area contributed by atoms with Crippen LogP contribution in [0.3, 0.4) is 0 Å². The van der Waals surface area contributed by atoms with Crippen molar-refractivity contribution in [2.45, 2.75) is 32.6 Å². The Morgan fingerprint density at radius 2 is 2.08 bits per heavy atom. The molecule has 0 saturated heterocycles. The van der Waals surface area contributed by atoms with Crippen molar-refractivity contribution in [2.75, 3.05) is 5.33 Å². The highest BCUT2D eigenvalue weighted by Crippen LogP contribution is 2.16. The molecule has 0 aliphatic heterocycles. The van der Waals surface area contributed by atoms with Crippen LogP contribution < -0.4 is 0 Å². The summed E-state index contributed by atoms with van der Waals surface area (Å²) in [6, 6.07) is 8.92. The van der Waals surface area contributed by atoms with Crippen molar-refractivity contribution in [1.82, 2.24) is 0 Å². The highest BCUT2D eigenvalue weighted by molar-refractivity contribution is 9.09. The molecule has 0 aromatic heterocycles. The lowest BCUT2D eigenvalue weighted by Crippen LogP contribution is -1.91. The molecule has 0 amide bonds. The van der Waals surface area contributed by atoms with Crippen molar-refractivity contribution in [3.8, 4) is 0 Å². The summed E-state index contributed by atoms with van der Waals surface area (Å²) in [5.74, 6) is 0.643. The average molecular weight is 241 g/mol. The van der Waals surface area contributed by atoms with Gasteiger partial charge in [0, 0.05) is 5.33 Å². The van der Waals surface area contributed by atoms with Crippen LogP contribution in [-0.2, 0) is 6.42 Å². The van der Waals surface area contributed by atoms with E-state index in [1.807, 2.05) is 0 Å². The molecule has 0 spiro atoms. The minimum absolute atomic E-state index is 0.643. The zero-order chi connectivity index (χ0) is 9.68. The lowest BCUT2D eigenvalue weighted by molar-refractivity contribution is 0.856. The van der Waals surface area contributed by atoms with E-state index in [0.717, 1.165) is 5.33 Å². The maximum absolute atomic E-state index is 3.45. The predicted octanol–water partition coefficient (Wildman–Crippen LogP) is 4.14. The molecule has 0 fully saturated rings. The summed E-state index contributed by atoms with van der Waals surface area (Å²) in [7, 11) is 0. The smallest absolute Gasteiger partial charge is 0.00344 e. The number of alkyl halides is 1. The molecule has 0 atom stereocenters. The SMILES string of the molecule is CC(C)c1cccc(CCCBr)c1. The normalized spacial score (nSPS) is 10.8. The molecule has 0 bridgehead atoms. The maximum Gasteiger partial charge on any atom is 0.00344 e. The second-order valence-corrected chi connectivity index (χ2v) is 4.49. The van der Waals surface area contributed by atoms with Gasteiger partial charge >= 0.3 is 0 Å². The van der Waals surface area contributed by atoms with Crippen LogP contribution in [0.15, 0.2) is 24.3 Å². The van der Waals surface area contributed by atoms with E-state index in [1.54, 1.807) is 0 Å². The van der Waals surface area contributed by atoms with Gasteiger partial charge in [-0.05, 0) is 29.9 Å². The second kappa shape index (κ2) is 5.43. The number of rotatable bonds is 4. The molecule has 13 heavy (non-hydrogen) atoms. The number of halogens is 1. The molecular weight excluding hydrogens is 224 g/mol. The van der Waals surface area contributed by atoms with E-state index < -0.39 is 0 Å². The molecule has 1 aromatic rings. The second-order valence-electron chi connectivity index (χ2n) is 3.69. The Morgan fingerprint density at radius 1 is 1.31 bits per heavy atom. The van der Waals surface area contributed by atoms with E-state index in [9.17, 15) is 0 Å². The molecule has 0 aliphatic rings. The molecule has 0 nitrogen and oxygen atoms in total. The van der Waals surface area contributed by atoms with Gasteiger partial charge in [-0.2, -0.15) is 0 Å². The molecule has 0 heterocycles. The maximum atomic E-state index is 3.45. The predicted molar refractivity (Wildman–Crippen MR) is 62.6 cm³/mol. The highest BCUT2D eigenvalue weighted by atomic mass is 79.9. The van der Waals surface area contributed by atoms with Crippen LogP contribution in [0.4, 0.5) is 0 Å². The van der Waals surface area contributed by atoms with Crippen LogP contribution in [0.25, 0.3) is 0 Å². The lowest BCUT2D eigenvalue weighted by Gasteiger charge is -2.07. The van der Waals surface area contributed by atoms with Gasteiger partial charge in [-0.3, -0.25) is 0 Å². The molecular formula is C12H17Br. The number of hydrogen-bond donors (Lipinski definition) is 0. The molecule has 1 rings (SSSR count). The zero-order valence-corrected chi connectivity index (χ0v) is 9.97. The van der Waals surface area contributed by atoms with Crippen LogP contribution in [0.1, 0.15) is 37.3 Å². The third kappa shape index (κ3) is 3.51. The number of aryl methyl sites for hydroxylation is 1. The third-order valence-corrected chi connectivity index (χ3v) is 2.78. The topological polar surface area (TPSA) is 0 Å². The monoisotopic (exact) mass is 240 g/mol. The average Bonchev–Trinajstić information content (AvgIpc) is 2.15. The van der Waals surface area contributed by atoms with Crippen LogP contribution in [0.5, 0.6) is 0 Å². The molecule has 1 heteroatoms. The van der Waals surface area contributed by atoms with Gasteiger partial charge in [0.2, 0.25) is 0 Å². The van der Waals surface area contributed by atoms with E-state index in [0.29, 0.717) is 5.92 Å². The first-order valence-electron chi connectivity index (χ1n) is 4.89. The highest BCUT2D eigenvalue weighted by Gasteiger charge is 1.99. The van der Waals surface area contributed by atoms with Crippen molar-refractivity contribution < 1.29 is 0 Å². The van der Waals surface area contributed by atoms with Crippen LogP contribution >= 0.6 is 15.9 Å². The molecule has 72 valence electrons. The summed E-state index contributed by atoms with van der Waals surface area (Å²) in [4.78, 5) is 0. The summed E-state index contributed by atoms with van der Waals surface area (Å²) < 4.78 is 0. The van der Waals surface area contributed by atoms with E-state index in [2.05, 4.69) is 54.0 Å². The van der Waals surface area contributed by atoms with Gasteiger partial charge in [0.15, 0.2) is 0 Å². The first-order valence-corrected chi connectivity index (χ1v) is 6.01. The van der Waals surface area contributed by atoms with E-state index in [1.165, 1.54) is 24.0 Å². The van der Waals surface area contributed by atoms with Crippen molar-refractivity contribution in [3.63, 3.8) is 0 Å². The Labute approximate surface area is 89.5 Å². The summed E-state index contributed by atoms with van der Waals surface area (Å²) >= 11 is 3.45. The van der Waals surface area contributed by atoms with Crippen LogP contribution in [0.2, 0.25) is 0 Å². The van der Waals surface area contributed by atoms with Gasteiger partial charge in [0.25, 0.3) is 0 Å². The standard InChI is InChI=1S/C12H17Br/c1-10(2)12-7-3-5-11(9-12)6-4-8-13/h3,5,7,9-10H,4,6,8H2,1-2H3. The van der Waals surface area contributed by atoms with E-state index in [4.69, 9.17) is 0 Å². The Bertz CT molecular complexity index is 253. The van der Waals surface area contributed by atoms with Gasteiger partial charge in [0.05, 0.1) is 0 Å². The fourth-order valence-electron chi connectivity index (χ4n) is 1.38. The minimum Gasteiger partial charge on any atom is -0.0928 e. The number of hydrogen-bond acceptors (Lipinski definition) is 0. The van der Waals surface area contributed by atoms with Gasteiger partial charge < -0.3 is 0 Å². The lowest BCUT2D eigenvalue weighted by atomic mass is 9.99. The number of benzene rings is 1. The summed E-state index contributed by atoms with van der Waals surface area (Å²) in [6.07, 6.45) is 2.41. The van der Waals surface area contributed by atoms with Crippen LogP contribution in [0, 0.1) is 0 Å². The largest absolute Gasteiger partial charge is 0.0928 e. The molecule has 0 aliphatic carbocycles. The van der Waals surface area contributed by atoms with Crippen molar-refractivity contribution in [3.05, 3.63) is 35.4 Å². The summed E-state index contributed by atoms with van der Waals surface area (Å²) in [5, 5.41) is 1.10. The molecule has 0 saturated carbocycles. The van der Waals surface area contributed by atoms with Crippen molar-refractivity contribution in [1.29, 1.82) is 0 Å². The minimum atomic E-state index is 0.643. The first kappa shape index (κ1) is 10.8. The molecule has 0 radical (unpaired) electrons. The Balaban J connectivity index is 2.68. The Morgan fingerprint density at radius 3 is 2.69 bits per heavy atom. The summed E-state index contributed by atoms with van der Waals surface area (Å²) in [6.45, 7) is 4.48. The molecule has 1 aromatic carbocycles. The van der Waals surface area contributed by atoms with E-state index >= 15 is 0 Å². The van der Waals surface area contributed by atoms with Crippen LogP contribution in [-0.4, -0.2) is 5.33 Å². The Hall–Kier alpha value is -0.300. The van der Waals surface area contributed by atoms with E-state index in [-0.39, 0.29) is 0 Å². The Kier molecular flexibility index (Phi) is 4.51. The van der Waals surface area contributed by atoms with Gasteiger partial charge in [-0.25, -0.2) is 0 Å². The fraction of sp³-hybridized carbons (Fsp3) is 0.500. The zero-order valence-electron chi connectivity index (χ0n) is 8.39. The van der Waals surface area contributed by atoms with Gasteiger partial charge in [-0.1, -0.05) is 54.0 Å². The van der Waals surface area contributed by atoms with Crippen molar-refractivity contribution in [2.24, 2.45) is 0 Å². The molecule has 0 N–H and O–H groups in total. The summed E-state index contributed by atoms with van der Waals surface area (Å²) in [5.41, 5.74) is 2.91. The van der Waals surface area contributed by atoms with Gasteiger partial charge in [-0.15, -0.1) is 0 Å². The first-order chi connectivity index (χ1) is 6.24. The quantitative estimate of drug-likeness (QED) is 0.695. The molecule has 0 unspecified atom stereocenters. The van der Waals surface area contributed by atoms with Crippen molar-refractivity contribution >= 4 is 15.9 Å². The third-order valence-electron chi connectivity index (χ3n) is 2.22.